The highest BCUT2D eigenvalue weighted by Crippen LogP contribution is 2.19. The lowest BCUT2D eigenvalue weighted by Crippen LogP contribution is -1.93. The van der Waals surface area contributed by atoms with Gasteiger partial charge in [-0.05, 0) is 24.3 Å². The van der Waals surface area contributed by atoms with Gasteiger partial charge in [-0.1, -0.05) is 0 Å². The lowest BCUT2D eigenvalue weighted by Gasteiger charge is -2.02. The molecular formula is C11H8N4. The first kappa shape index (κ1) is 9.16. The number of rotatable bonds is 1. The zero-order valence-electron chi connectivity index (χ0n) is 7.88. The topological polar surface area (TPSA) is 75.6 Å². The maximum atomic E-state index is 8.90. The predicted octanol–water partition coefficient (Wildman–Crippen LogP) is 1.60. The Kier molecular flexibility index (Phi) is 2.30. The van der Waals surface area contributed by atoms with Gasteiger partial charge in [-0.25, -0.2) is 0 Å². The smallest absolute Gasteiger partial charge is 0.106 e. The predicted molar refractivity (Wildman–Crippen MR) is 56.6 cm³/mol. The van der Waals surface area contributed by atoms with Crippen molar-refractivity contribution in [2.45, 2.75) is 0 Å². The highest BCUT2D eigenvalue weighted by atomic mass is 14.8. The molecule has 0 aliphatic rings. The highest BCUT2D eigenvalue weighted by Gasteiger charge is 2.06. The first-order valence-electron chi connectivity index (χ1n) is 4.38. The second-order valence-electron chi connectivity index (χ2n) is 2.99. The van der Waals surface area contributed by atoms with Crippen LogP contribution < -0.4 is 5.73 Å². The maximum absolute atomic E-state index is 8.90. The van der Waals surface area contributed by atoms with Crippen LogP contribution in [0.25, 0.3) is 11.4 Å². The number of nitriles is 1. The Morgan fingerprint density at radius 2 is 2.07 bits per heavy atom. The van der Waals surface area contributed by atoms with Gasteiger partial charge in [-0.3, -0.25) is 9.97 Å². The molecule has 0 bridgehead atoms. The molecular weight excluding hydrogens is 188 g/mol. The van der Waals surface area contributed by atoms with Crippen LogP contribution in [0.4, 0.5) is 5.69 Å². The van der Waals surface area contributed by atoms with Crippen LogP contribution in [0.5, 0.6) is 0 Å². The van der Waals surface area contributed by atoms with Crippen LogP contribution in [-0.2, 0) is 0 Å². The van der Waals surface area contributed by atoms with E-state index in [0.717, 1.165) is 0 Å². The van der Waals surface area contributed by atoms with Crippen molar-refractivity contribution in [1.82, 2.24) is 9.97 Å². The summed E-state index contributed by atoms with van der Waals surface area (Å²) in [7, 11) is 0. The standard InChI is InChI=1S/C11H8N4/c12-7-8-2-1-4-15-11(8)10-6-9(13)3-5-14-10/h1-6H,(H2,13,14). The monoisotopic (exact) mass is 196 g/mol. The number of aromatic nitrogens is 2. The van der Waals surface area contributed by atoms with Gasteiger partial charge in [0.1, 0.15) is 11.8 Å². The van der Waals surface area contributed by atoms with Gasteiger partial charge in [0, 0.05) is 18.1 Å². The molecule has 2 aromatic rings. The molecule has 2 aromatic heterocycles. The third-order valence-electron chi connectivity index (χ3n) is 1.95. The molecule has 2 rings (SSSR count). The van der Waals surface area contributed by atoms with E-state index in [0.29, 0.717) is 22.6 Å². The van der Waals surface area contributed by atoms with Gasteiger partial charge in [0.05, 0.1) is 11.3 Å². The zero-order chi connectivity index (χ0) is 10.7. The molecule has 2 N–H and O–H groups in total. The van der Waals surface area contributed by atoms with E-state index in [4.69, 9.17) is 11.0 Å². The van der Waals surface area contributed by atoms with Crippen molar-refractivity contribution in [2.75, 3.05) is 5.73 Å². The summed E-state index contributed by atoms with van der Waals surface area (Å²) < 4.78 is 0. The fourth-order valence-corrected chi connectivity index (χ4v) is 1.28. The van der Waals surface area contributed by atoms with Crippen LogP contribution in [0.2, 0.25) is 0 Å². The minimum Gasteiger partial charge on any atom is -0.399 e. The second-order valence-corrected chi connectivity index (χ2v) is 2.99. The van der Waals surface area contributed by atoms with E-state index in [9.17, 15) is 0 Å². The minimum absolute atomic E-state index is 0.496. The van der Waals surface area contributed by atoms with Crippen molar-refractivity contribution in [3.8, 4) is 17.5 Å². The number of hydrogen-bond donors (Lipinski definition) is 1. The molecule has 0 amide bonds. The summed E-state index contributed by atoms with van der Waals surface area (Å²) in [6.07, 6.45) is 3.22. The van der Waals surface area contributed by atoms with Crippen LogP contribution in [0.3, 0.4) is 0 Å². The third-order valence-corrected chi connectivity index (χ3v) is 1.95. The average Bonchev–Trinajstić information content (AvgIpc) is 2.29. The number of hydrogen-bond acceptors (Lipinski definition) is 4. The van der Waals surface area contributed by atoms with Crippen molar-refractivity contribution in [2.24, 2.45) is 0 Å². The van der Waals surface area contributed by atoms with E-state index in [2.05, 4.69) is 16.0 Å². The van der Waals surface area contributed by atoms with Crippen LogP contribution in [0.15, 0.2) is 36.7 Å². The SMILES string of the molecule is N#Cc1cccnc1-c1cc(N)ccn1. The van der Waals surface area contributed by atoms with Crippen molar-refractivity contribution in [3.05, 3.63) is 42.2 Å². The molecule has 0 saturated carbocycles. The summed E-state index contributed by atoms with van der Waals surface area (Å²) in [5.41, 5.74) is 7.92. The Morgan fingerprint density at radius 3 is 2.80 bits per heavy atom. The first-order chi connectivity index (χ1) is 7.31. The molecule has 4 heteroatoms. The minimum atomic E-state index is 0.496. The highest BCUT2D eigenvalue weighted by molar-refractivity contribution is 5.65. The van der Waals surface area contributed by atoms with E-state index >= 15 is 0 Å². The normalized spacial score (nSPS) is 9.53. The molecule has 72 valence electrons. The van der Waals surface area contributed by atoms with Gasteiger partial charge < -0.3 is 5.73 Å². The van der Waals surface area contributed by atoms with Crippen molar-refractivity contribution in [3.63, 3.8) is 0 Å². The molecule has 0 aliphatic heterocycles. The third kappa shape index (κ3) is 1.76. The van der Waals surface area contributed by atoms with E-state index in [-0.39, 0.29) is 0 Å². The van der Waals surface area contributed by atoms with E-state index < -0.39 is 0 Å². The summed E-state index contributed by atoms with van der Waals surface area (Å²) in [5.74, 6) is 0. The van der Waals surface area contributed by atoms with Crippen LogP contribution >= 0.6 is 0 Å². The Hall–Kier alpha value is -2.41. The molecule has 0 radical (unpaired) electrons. The van der Waals surface area contributed by atoms with E-state index in [1.54, 1.807) is 36.7 Å². The second kappa shape index (κ2) is 3.76. The summed E-state index contributed by atoms with van der Waals surface area (Å²) in [6.45, 7) is 0. The van der Waals surface area contributed by atoms with Gasteiger partial charge in [0.15, 0.2) is 0 Å². The fraction of sp³-hybridized carbons (Fsp3) is 0. The van der Waals surface area contributed by atoms with Gasteiger partial charge >= 0.3 is 0 Å². The first-order valence-corrected chi connectivity index (χ1v) is 4.38. The van der Waals surface area contributed by atoms with Crippen molar-refractivity contribution >= 4 is 5.69 Å². The average molecular weight is 196 g/mol. The van der Waals surface area contributed by atoms with E-state index in [1.165, 1.54) is 0 Å². The molecule has 0 spiro atoms. The van der Waals surface area contributed by atoms with Gasteiger partial charge in [-0.2, -0.15) is 5.26 Å². The van der Waals surface area contributed by atoms with Gasteiger partial charge in [0.25, 0.3) is 0 Å². The Morgan fingerprint density at radius 1 is 1.20 bits per heavy atom. The lowest BCUT2D eigenvalue weighted by atomic mass is 10.1. The molecule has 0 saturated heterocycles. The Labute approximate surface area is 87.0 Å². The summed E-state index contributed by atoms with van der Waals surface area (Å²) >= 11 is 0. The molecule has 0 aromatic carbocycles. The molecule has 15 heavy (non-hydrogen) atoms. The molecule has 0 aliphatic carbocycles. The van der Waals surface area contributed by atoms with Crippen molar-refractivity contribution < 1.29 is 0 Å². The zero-order valence-corrected chi connectivity index (χ0v) is 7.88. The number of nitrogen functional groups attached to an aromatic ring is 1. The van der Waals surface area contributed by atoms with Crippen LogP contribution in [0, 0.1) is 11.3 Å². The Balaban J connectivity index is 2.60. The van der Waals surface area contributed by atoms with Crippen LogP contribution in [0.1, 0.15) is 5.56 Å². The largest absolute Gasteiger partial charge is 0.399 e. The van der Waals surface area contributed by atoms with E-state index in [1.807, 2.05) is 0 Å². The molecule has 4 nitrogen and oxygen atoms in total. The molecule has 0 atom stereocenters. The number of nitrogens with zero attached hydrogens (tertiary/aromatic N) is 3. The summed E-state index contributed by atoms with van der Waals surface area (Å²) in [5, 5.41) is 8.90. The molecule has 0 fully saturated rings. The fourth-order valence-electron chi connectivity index (χ4n) is 1.28. The summed E-state index contributed by atoms with van der Waals surface area (Å²) in [6, 6.07) is 8.88. The molecule has 2 heterocycles. The van der Waals surface area contributed by atoms with Crippen molar-refractivity contribution in [1.29, 1.82) is 5.26 Å². The Bertz CT molecular complexity index is 528. The van der Waals surface area contributed by atoms with Crippen LogP contribution in [-0.4, -0.2) is 9.97 Å². The number of anilines is 1. The van der Waals surface area contributed by atoms with Gasteiger partial charge in [-0.15, -0.1) is 0 Å². The maximum Gasteiger partial charge on any atom is 0.106 e. The lowest BCUT2D eigenvalue weighted by molar-refractivity contribution is 1.23. The molecule has 0 unspecified atom stereocenters. The number of nitrogens with two attached hydrogens (primary N) is 1. The number of pyridine rings is 2. The van der Waals surface area contributed by atoms with Gasteiger partial charge in [0.2, 0.25) is 0 Å². The summed E-state index contributed by atoms with van der Waals surface area (Å²) in [4.78, 5) is 8.25. The quantitative estimate of drug-likeness (QED) is 0.751.